The van der Waals surface area contributed by atoms with Gasteiger partial charge in [0.2, 0.25) is 5.91 Å². The van der Waals surface area contributed by atoms with E-state index in [-0.39, 0.29) is 5.91 Å². The molecule has 2 aromatic rings. The van der Waals surface area contributed by atoms with Crippen molar-refractivity contribution in [3.8, 4) is 0 Å². The second kappa shape index (κ2) is 7.93. The van der Waals surface area contributed by atoms with Gasteiger partial charge in [-0.3, -0.25) is 9.78 Å². The number of nitrogens with one attached hydrogen (secondary N) is 1. The number of carbonyl (C=O) groups excluding carboxylic acids is 1. The van der Waals surface area contributed by atoms with E-state index in [1.54, 1.807) is 0 Å². The van der Waals surface area contributed by atoms with Gasteiger partial charge < -0.3 is 16.0 Å². The van der Waals surface area contributed by atoms with Gasteiger partial charge in [0.25, 0.3) is 0 Å². The topological polar surface area (TPSA) is 71.2 Å². The summed E-state index contributed by atoms with van der Waals surface area (Å²) in [5.74, 6) is 0.410. The lowest BCUT2D eigenvalue weighted by Crippen LogP contribution is -2.41. The number of pyridine rings is 1. The van der Waals surface area contributed by atoms with E-state index in [0.717, 1.165) is 31.5 Å². The van der Waals surface area contributed by atoms with Crippen LogP contribution in [-0.4, -0.2) is 30.5 Å². The Morgan fingerprint density at radius 1 is 1.17 bits per heavy atom. The monoisotopic (exact) mass is 324 g/mol. The van der Waals surface area contributed by atoms with Crippen LogP contribution >= 0.6 is 0 Å². The molecule has 1 atom stereocenters. The molecule has 1 saturated heterocycles. The van der Waals surface area contributed by atoms with E-state index in [1.807, 2.05) is 54.9 Å². The maximum absolute atomic E-state index is 12.2. The average Bonchev–Trinajstić information content (AvgIpc) is 2.67. The molecule has 0 aliphatic carbocycles. The molecule has 0 saturated carbocycles. The highest BCUT2D eigenvalue weighted by atomic mass is 16.2. The maximum atomic E-state index is 12.2. The van der Waals surface area contributed by atoms with Crippen LogP contribution in [0.2, 0.25) is 0 Å². The smallest absolute Gasteiger partial charge is 0.241 e. The van der Waals surface area contributed by atoms with Gasteiger partial charge in [0.05, 0.1) is 0 Å². The summed E-state index contributed by atoms with van der Waals surface area (Å²) in [6, 6.07) is 13.0. The number of nitrogens with two attached hydrogens (primary N) is 1. The number of amides is 1. The lowest BCUT2D eigenvalue weighted by atomic mass is 9.96. The molecule has 1 amide bonds. The van der Waals surface area contributed by atoms with Crippen LogP contribution in [0.15, 0.2) is 54.9 Å². The number of benzene rings is 1. The summed E-state index contributed by atoms with van der Waals surface area (Å²) in [4.78, 5) is 18.6. The maximum Gasteiger partial charge on any atom is 0.241 e. The summed E-state index contributed by atoms with van der Waals surface area (Å²) in [5, 5.41) is 3.01. The summed E-state index contributed by atoms with van der Waals surface area (Å²) in [5.41, 5.74) is 8.10. The summed E-state index contributed by atoms with van der Waals surface area (Å²) in [6.45, 7) is 2.72. The molecule has 1 aromatic heterocycles. The molecule has 5 heteroatoms. The SMILES string of the molecule is N[C@@H](C(=O)NCC1CCN(c2ccncc2)CC1)c1ccccc1. The van der Waals surface area contributed by atoms with Crippen LogP contribution < -0.4 is 16.0 Å². The van der Waals surface area contributed by atoms with E-state index in [0.29, 0.717) is 12.5 Å². The van der Waals surface area contributed by atoms with Crippen LogP contribution in [0.1, 0.15) is 24.4 Å². The van der Waals surface area contributed by atoms with Gasteiger partial charge in [0.1, 0.15) is 6.04 Å². The number of piperidine rings is 1. The molecule has 0 spiro atoms. The minimum Gasteiger partial charge on any atom is -0.371 e. The van der Waals surface area contributed by atoms with Gasteiger partial charge in [-0.15, -0.1) is 0 Å². The summed E-state index contributed by atoms with van der Waals surface area (Å²) in [6.07, 6.45) is 5.80. The Hall–Kier alpha value is -2.40. The molecule has 0 radical (unpaired) electrons. The molecule has 126 valence electrons. The predicted molar refractivity (Wildman–Crippen MR) is 95.6 cm³/mol. The molecule has 1 aliphatic heterocycles. The van der Waals surface area contributed by atoms with Crippen molar-refractivity contribution in [2.75, 3.05) is 24.5 Å². The number of hydrogen-bond acceptors (Lipinski definition) is 4. The largest absolute Gasteiger partial charge is 0.371 e. The predicted octanol–water partition coefficient (Wildman–Crippen LogP) is 2.11. The zero-order valence-electron chi connectivity index (χ0n) is 13.8. The van der Waals surface area contributed by atoms with Crippen LogP contribution in [0.5, 0.6) is 0 Å². The minimum absolute atomic E-state index is 0.0993. The Kier molecular flexibility index (Phi) is 5.43. The molecule has 1 fully saturated rings. The van der Waals surface area contributed by atoms with Gasteiger partial charge in [-0.05, 0) is 36.5 Å². The summed E-state index contributed by atoms with van der Waals surface area (Å²) in [7, 11) is 0. The van der Waals surface area contributed by atoms with Crippen molar-refractivity contribution in [3.63, 3.8) is 0 Å². The van der Waals surface area contributed by atoms with E-state index < -0.39 is 6.04 Å². The number of aromatic nitrogens is 1. The Bertz CT molecular complexity index is 639. The highest BCUT2D eigenvalue weighted by Gasteiger charge is 2.21. The molecule has 1 aliphatic rings. The molecular weight excluding hydrogens is 300 g/mol. The Balaban J connectivity index is 1.44. The molecule has 3 N–H and O–H groups in total. The minimum atomic E-state index is -0.594. The molecule has 24 heavy (non-hydrogen) atoms. The quantitative estimate of drug-likeness (QED) is 0.884. The lowest BCUT2D eigenvalue weighted by Gasteiger charge is -2.33. The fourth-order valence-electron chi connectivity index (χ4n) is 3.12. The normalized spacial score (nSPS) is 16.6. The Morgan fingerprint density at radius 2 is 1.83 bits per heavy atom. The number of hydrogen-bond donors (Lipinski definition) is 2. The van der Waals surface area contributed by atoms with Crippen LogP contribution in [0.3, 0.4) is 0 Å². The first-order valence-corrected chi connectivity index (χ1v) is 8.47. The van der Waals surface area contributed by atoms with Crippen molar-refractivity contribution in [1.29, 1.82) is 0 Å². The first kappa shape index (κ1) is 16.5. The summed E-state index contributed by atoms with van der Waals surface area (Å²) < 4.78 is 0. The van der Waals surface area contributed by atoms with Crippen molar-refractivity contribution < 1.29 is 4.79 Å². The third-order valence-electron chi connectivity index (χ3n) is 4.65. The summed E-state index contributed by atoms with van der Waals surface area (Å²) >= 11 is 0. The van der Waals surface area contributed by atoms with Gasteiger partial charge in [-0.2, -0.15) is 0 Å². The fraction of sp³-hybridized carbons (Fsp3) is 0.368. The van der Waals surface area contributed by atoms with E-state index in [4.69, 9.17) is 5.73 Å². The van der Waals surface area contributed by atoms with E-state index in [2.05, 4.69) is 15.2 Å². The number of carbonyl (C=O) groups is 1. The second-order valence-corrected chi connectivity index (χ2v) is 6.27. The average molecular weight is 324 g/mol. The first-order chi connectivity index (χ1) is 11.7. The van der Waals surface area contributed by atoms with Gasteiger partial charge in [0.15, 0.2) is 0 Å². The highest BCUT2D eigenvalue weighted by molar-refractivity contribution is 5.82. The molecule has 0 bridgehead atoms. The Labute approximate surface area is 142 Å². The third-order valence-corrected chi connectivity index (χ3v) is 4.65. The molecule has 3 rings (SSSR count). The van der Waals surface area contributed by atoms with Gasteiger partial charge in [-0.25, -0.2) is 0 Å². The van der Waals surface area contributed by atoms with E-state index >= 15 is 0 Å². The number of anilines is 1. The van der Waals surface area contributed by atoms with Crippen LogP contribution in [0, 0.1) is 5.92 Å². The van der Waals surface area contributed by atoms with Crippen molar-refractivity contribution >= 4 is 11.6 Å². The molecule has 1 aromatic carbocycles. The Morgan fingerprint density at radius 3 is 2.50 bits per heavy atom. The number of rotatable bonds is 5. The van der Waals surface area contributed by atoms with Crippen molar-refractivity contribution in [3.05, 3.63) is 60.4 Å². The molecule has 0 unspecified atom stereocenters. The van der Waals surface area contributed by atoms with E-state index in [9.17, 15) is 4.79 Å². The molecular formula is C19H24N4O. The second-order valence-electron chi connectivity index (χ2n) is 6.27. The van der Waals surface area contributed by atoms with Crippen LogP contribution in [0.25, 0.3) is 0 Å². The first-order valence-electron chi connectivity index (χ1n) is 8.47. The van der Waals surface area contributed by atoms with Crippen molar-refractivity contribution in [2.45, 2.75) is 18.9 Å². The standard InChI is InChI=1S/C19H24N4O/c20-18(16-4-2-1-3-5-16)19(24)22-14-15-8-12-23(13-9-15)17-6-10-21-11-7-17/h1-7,10-11,15,18H,8-9,12-14,20H2,(H,22,24)/t18-/m1/s1. The van der Waals surface area contributed by atoms with E-state index in [1.165, 1.54) is 5.69 Å². The van der Waals surface area contributed by atoms with Crippen LogP contribution in [-0.2, 0) is 4.79 Å². The third kappa shape index (κ3) is 4.11. The fourth-order valence-corrected chi connectivity index (χ4v) is 3.12. The van der Waals surface area contributed by atoms with Crippen molar-refractivity contribution in [2.24, 2.45) is 11.7 Å². The molecule has 2 heterocycles. The van der Waals surface area contributed by atoms with Gasteiger partial charge >= 0.3 is 0 Å². The number of nitrogens with zero attached hydrogens (tertiary/aromatic N) is 2. The van der Waals surface area contributed by atoms with Crippen molar-refractivity contribution in [1.82, 2.24) is 10.3 Å². The molecule has 5 nitrogen and oxygen atoms in total. The zero-order valence-corrected chi connectivity index (χ0v) is 13.8. The highest BCUT2D eigenvalue weighted by Crippen LogP contribution is 2.22. The van der Waals surface area contributed by atoms with Crippen LogP contribution in [0.4, 0.5) is 5.69 Å². The van der Waals surface area contributed by atoms with Gasteiger partial charge in [0, 0.05) is 37.7 Å². The lowest BCUT2D eigenvalue weighted by molar-refractivity contribution is -0.122. The van der Waals surface area contributed by atoms with Gasteiger partial charge in [-0.1, -0.05) is 30.3 Å². The zero-order chi connectivity index (χ0) is 16.8.